The molecule has 0 radical (unpaired) electrons. The number of thiocarbonyl (C=S) groups is 1. The number of nitrogens with one attached hydrogen (secondary N) is 2. The molecule has 3 aliphatic heterocycles. The van der Waals surface area contributed by atoms with Gasteiger partial charge in [-0.3, -0.25) is 0 Å². The highest BCUT2D eigenvalue weighted by molar-refractivity contribution is 7.80. The monoisotopic (exact) mass is 533 g/mol. The smallest absolute Gasteiger partial charge is 0.232 e. The number of hydrogen-bond acceptors (Lipinski definition) is 9. The molecule has 0 atom stereocenters. The van der Waals surface area contributed by atoms with Gasteiger partial charge in [-0.1, -0.05) is 24.3 Å². The zero-order valence-corrected chi connectivity index (χ0v) is 22.0. The number of rotatable bonds is 6. The molecule has 2 aromatic carbocycles. The third-order valence-corrected chi connectivity index (χ3v) is 7.12. The summed E-state index contributed by atoms with van der Waals surface area (Å²) in [5.74, 6) is 3.78. The van der Waals surface area contributed by atoms with E-state index in [1.54, 1.807) is 0 Å². The molecule has 1 aromatic heterocycles. The molecule has 38 heavy (non-hydrogen) atoms. The van der Waals surface area contributed by atoms with Crippen molar-refractivity contribution in [3.63, 3.8) is 0 Å². The molecule has 0 bridgehead atoms. The lowest BCUT2D eigenvalue weighted by Crippen LogP contribution is -2.47. The van der Waals surface area contributed by atoms with Crippen LogP contribution < -0.4 is 34.8 Å². The first kappa shape index (κ1) is 24.5. The summed E-state index contributed by atoms with van der Waals surface area (Å²) in [7, 11) is 0. The molecule has 2 fully saturated rings. The van der Waals surface area contributed by atoms with Crippen LogP contribution in [0, 0.1) is 0 Å². The van der Waals surface area contributed by atoms with E-state index in [0.717, 1.165) is 68.0 Å². The maximum atomic E-state index is 5.59. The van der Waals surface area contributed by atoms with E-state index in [1.807, 2.05) is 18.2 Å². The molecule has 0 spiro atoms. The normalized spacial score (nSPS) is 16.9. The van der Waals surface area contributed by atoms with Crippen molar-refractivity contribution >= 4 is 40.6 Å². The van der Waals surface area contributed by atoms with Gasteiger partial charge in [-0.25, -0.2) is 0 Å². The largest absolute Gasteiger partial charge is 0.454 e. The molecule has 0 unspecified atom stereocenters. The minimum atomic E-state index is 0.257. The standard InChI is InChI=1S/C27H31N7O3S/c38-27(28-18-20-6-7-22-23(16-20)37-19-36-22)31-26-29-24(17-25(30-26)34-12-14-35-15-13-34)33-10-8-32(9-11-33)21-4-2-1-3-5-21/h1-7,16-17H,8-15,18-19H2,(H2,28,29,30,31,38). The minimum Gasteiger partial charge on any atom is -0.454 e. The van der Waals surface area contributed by atoms with Crippen LogP contribution in [-0.4, -0.2) is 74.4 Å². The highest BCUT2D eigenvalue weighted by Gasteiger charge is 2.22. The van der Waals surface area contributed by atoms with Crippen LogP contribution in [0.3, 0.4) is 0 Å². The van der Waals surface area contributed by atoms with Crippen LogP contribution in [0.5, 0.6) is 11.5 Å². The lowest BCUT2D eigenvalue weighted by Gasteiger charge is -2.37. The van der Waals surface area contributed by atoms with Gasteiger partial charge in [-0.05, 0) is 42.0 Å². The first-order chi connectivity index (χ1) is 18.7. The van der Waals surface area contributed by atoms with Gasteiger partial charge in [0.25, 0.3) is 0 Å². The fraction of sp³-hybridized carbons (Fsp3) is 0.370. The van der Waals surface area contributed by atoms with Gasteiger partial charge < -0.3 is 39.5 Å². The highest BCUT2D eigenvalue weighted by Crippen LogP contribution is 2.32. The first-order valence-corrected chi connectivity index (χ1v) is 13.3. The van der Waals surface area contributed by atoms with E-state index < -0.39 is 0 Å². The number of fused-ring (bicyclic) bond motifs is 1. The molecular formula is C27H31N7O3S. The Morgan fingerprint density at radius 2 is 1.47 bits per heavy atom. The van der Waals surface area contributed by atoms with Crippen molar-refractivity contribution < 1.29 is 14.2 Å². The van der Waals surface area contributed by atoms with Gasteiger partial charge in [0.05, 0.1) is 13.2 Å². The predicted molar refractivity (Wildman–Crippen MR) is 152 cm³/mol. The Hall–Kier alpha value is -3.83. The number of nitrogens with zero attached hydrogens (tertiary/aromatic N) is 5. The molecule has 2 saturated heterocycles. The Balaban J connectivity index is 1.14. The summed E-state index contributed by atoms with van der Waals surface area (Å²) >= 11 is 5.59. The molecule has 0 amide bonds. The molecule has 0 saturated carbocycles. The van der Waals surface area contributed by atoms with E-state index in [4.69, 9.17) is 36.4 Å². The van der Waals surface area contributed by atoms with Gasteiger partial charge >= 0.3 is 0 Å². The summed E-state index contributed by atoms with van der Waals surface area (Å²) in [4.78, 5) is 16.6. The van der Waals surface area contributed by atoms with Crippen molar-refractivity contribution in [2.75, 3.05) is 79.3 Å². The molecule has 0 aliphatic carbocycles. The van der Waals surface area contributed by atoms with Crippen LogP contribution >= 0.6 is 12.2 Å². The molecular weight excluding hydrogens is 502 g/mol. The zero-order chi connectivity index (χ0) is 25.7. The Labute approximate surface area is 227 Å². The Morgan fingerprint density at radius 1 is 0.789 bits per heavy atom. The second-order valence-electron chi connectivity index (χ2n) is 9.31. The second-order valence-corrected chi connectivity index (χ2v) is 9.72. The molecule has 4 heterocycles. The lowest BCUT2D eigenvalue weighted by atomic mass is 10.2. The van der Waals surface area contributed by atoms with Gasteiger partial charge in [-0.15, -0.1) is 0 Å². The molecule has 3 aliphatic rings. The lowest BCUT2D eigenvalue weighted by molar-refractivity contribution is 0.122. The Kier molecular flexibility index (Phi) is 7.27. The molecule has 198 valence electrons. The number of anilines is 4. The van der Waals surface area contributed by atoms with Crippen molar-refractivity contribution in [1.29, 1.82) is 0 Å². The van der Waals surface area contributed by atoms with Crippen molar-refractivity contribution in [2.24, 2.45) is 0 Å². The van der Waals surface area contributed by atoms with Crippen LogP contribution in [0.1, 0.15) is 5.56 Å². The molecule has 11 heteroatoms. The van der Waals surface area contributed by atoms with Gasteiger partial charge in [0.15, 0.2) is 16.6 Å². The SMILES string of the molecule is S=C(NCc1ccc2c(c1)OCO2)Nc1nc(N2CCOCC2)cc(N2CCN(c3ccccc3)CC2)n1. The summed E-state index contributed by atoms with van der Waals surface area (Å²) < 4.78 is 16.4. The van der Waals surface area contributed by atoms with Crippen LogP contribution in [0.15, 0.2) is 54.6 Å². The fourth-order valence-electron chi connectivity index (χ4n) is 4.81. The van der Waals surface area contributed by atoms with Crippen molar-refractivity contribution in [3.8, 4) is 11.5 Å². The predicted octanol–water partition coefficient (Wildman–Crippen LogP) is 2.86. The van der Waals surface area contributed by atoms with E-state index in [-0.39, 0.29) is 6.79 Å². The summed E-state index contributed by atoms with van der Waals surface area (Å²) in [5.41, 5.74) is 2.29. The van der Waals surface area contributed by atoms with Gasteiger partial charge in [-0.2, -0.15) is 9.97 Å². The molecule has 2 N–H and O–H groups in total. The summed E-state index contributed by atoms with van der Waals surface area (Å²) in [5, 5.41) is 6.92. The van der Waals surface area contributed by atoms with Gasteiger partial charge in [0, 0.05) is 57.6 Å². The van der Waals surface area contributed by atoms with E-state index in [0.29, 0.717) is 30.8 Å². The van der Waals surface area contributed by atoms with E-state index in [9.17, 15) is 0 Å². The molecule has 6 rings (SSSR count). The number of hydrogen-bond donors (Lipinski definition) is 2. The topological polar surface area (TPSA) is 87.2 Å². The van der Waals surface area contributed by atoms with E-state index >= 15 is 0 Å². The number of para-hydroxylation sites is 1. The second kappa shape index (κ2) is 11.3. The average molecular weight is 534 g/mol. The van der Waals surface area contributed by atoms with Crippen molar-refractivity contribution in [1.82, 2.24) is 15.3 Å². The van der Waals surface area contributed by atoms with Crippen LogP contribution in [0.2, 0.25) is 0 Å². The van der Waals surface area contributed by atoms with Crippen molar-refractivity contribution in [2.45, 2.75) is 6.54 Å². The van der Waals surface area contributed by atoms with E-state index in [2.05, 4.69) is 61.7 Å². The number of aromatic nitrogens is 2. The summed E-state index contributed by atoms with van der Waals surface area (Å²) in [6.45, 7) is 7.38. The maximum absolute atomic E-state index is 5.59. The minimum absolute atomic E-state index is 0.257. The Morgan fingerprint density at radius 3 is 2.24 bits per heavy atom. The van der Waals surface area contributed by atoms with Gasteiger partial charge in [0.2, 0.25) is 12.7 Å². The molecule has 3 aromatic rings. The third kappa shape index (κ3) is 5.68. The van der Waals surface area contributed by atoms with Crippen LogP contribution in [-0.2, 0) is 11.3 Å². The Bertz CT molecular complexity index is 1260. The van der Waals surface area contributed by atoms with E-state index in [1.165, 1.54) is 5.69 Å². The highest BCUT2D eigenvalue weighted by atomic mass is 32.1. The third-order valence-electron chi connectivity index (χ3n) is 6.87. The summed E-state index contributed by atoms with van der Waals surface area (Å²) in [6, 6.07) is 18.5. The quantitative estimate of drug-likeness (QED) is 0.459. The first-order valence-electron chi connectivity index (χ1n) is 12.9. The van der Waals surface area contributed by atoms with Gasteiger partial charge in [0.1, 0.15) is 11.6 Å². The molecule has 10 nitrogen and oxygen atoms in total. The van der Waals surface area contributed by atoms with Crippen molar-refractivity contribution in [3.05, 3.63) is 60.2 Å². The number of piperazine rings is 1. The number of benzene rings is 2. The maximum Gasteiger partial charge on any atom is 0.232 e. The zero-order valence-electron chi connectivity index (χ0n) is 21.1. The summed E-state index contributed by atoms with van der Waals surface area (Å²) in [6.07, 6.45) is 0. The van der Waals surface area contributed by atoms with Crippen LogP contribution in [0.4, 0.5) is 23.3 Å². The average Bonchev–Trinajstić information content (AvgIpc) is 3.45. The number of ether oxygens (including phenoxy) is 3. The van der Waals surface area contributed by atoms with Crippen LogP contribution in [0.25, 0.3) is 0 Å². The number of morpholine rings is 1. The fourth-order valence-corrected chi connectivity index (χ4v) is 4.97.